The summed E-state index contributed by atoms with van der Waals surface area (Å²) in [6.07, 6.45) is 0. The van der Waals surface area contributed by atoms with Crippen LogP contribution in [-0.2, 0) is 9.53 Å². The zero-order valence-electron chi connectivity index (χ0n) is 6.71. The Hall–Kier alpha value is 0.390. The zero-order chi connectivity index (χ0) is 7.40. The fraction of sp³-hybridized carbons (Fsp3) is 0.833. The summed E-state index contributed by atoms with van der Waals surface area (Å²) in [5.41, 5.74) is 0. The van der Waals surface area contributed by atoms with Crippen LogP contribution >= 0.6 is 0 Å². The van der Waals surface area contributed by atoms with Gasteiger partial charge in [0.25, 0.3) is 0 Å². The first-order chi connectivity index (χ1) is 4.79. The molecule has 0 N–H and O–H groups in total. The molecule has 1 fully saturated rings. The van der Waals surface area contributed by atoms with Crippen molar-refractivity contribution in [3.63, 3.8) is 0 Å². The SMILES string of the molecule is O=C([O-])CN1CCOCC1.[Na+]. The molecule has 0 atom stereocenters. The molecule has 4 nitrogen and oxygen atoms in total. The normalized spacial score (nSPS) is 18.9. The molecule has 5 heteroatoms. The molecule has 0 aromatic heterocycles. The predicted molar refractivity (Wildman–Crippen MR) is 32.3 cm³/mol. The molecule has 0 amide bonds. The van der Waals surface area contributed by atoms with Crippen LogP contribution < -0.4 is 34.7 Å². The van der Waals surface area contributed by atoms with Gasteiger partial charge in [-0.25, -0.2) is 0 Å². The van der Waals surface area contributed by atoms with E-state index in [-0.39, 0.29) is 36.1 Å². The van der Waals surface area contributed by atoms with Gasteiger partial charge in [0.1, 0.15) is 0 Å². The Morgan fingerprint density at radius 1 is 1.45 bits per heavy atom. The Kier molecular flexibility index (Phi) is 6.18. The van der Waals surface area contributed by atoms with Crippen molar-refractivity contribution in [2.75, 3.05) is 32.8 Å². The number of morpholine rings is 1. The largest absolute Gasteiger partial charge is 1.00 e. The predicted octanol–water partition coefficient (Wildman–Crippen LogP) is -4.93. The summed E-state index contributed by atoms with van der Waals surface area (Å²) in [4.78, 5) is 11.9. The minimum Gasteiger partial charge on any atom is -0.549 e. The van der Waals surface area contributed by atoms with Crippen LogP contribution in [0.2, 0.25) is 0 Å². The average Bonchev–Trinajstić information content (AvgIpc) is 1.88. The van der Waals surface area contributed by atoms with Crippen LogP contribution in [0.5, 0.6) is 0 Å². The molecule has 0 saturated carbocycles. The van der Waals surface area contributed by atoms with Crippen LogP contribution in [0.25, 0.3) is 0 Å². The van der Waals surface area contributed by atoms with Crippen LogP contribution in [-0.4, -0.2) is 43.7 Å². The molecule has 0 aromatic rings. The summed E-state index contributed by atoms with van der Waals surface area (Å²) in [5, 5.41) is 10.1. The Labute approximate surface area is 87.8 Å². The molecule has 1 aliphatic heterocycles. The molecule has 1 rings (SSSR count). The van der Waals surface area contributed by atoms with Gasteiger partial charge in [0.15, 0.2) is 0 Å². The topological polar surface area (TPSA) is 52.6 Å². The van der Waals surface area contributed by atoms with Crippen molar-refractivity contribution in [3.8, 4) is 0 Å². The van der Waals surface area contributed by atoms with Gasteiger partial charge in [-0.2, -0.15) is 0 Å². The van der Waals surface area contributed by atoms with Crippen LogP contribution in [0.3, 0.4) is 0 Å². The van der Waals surface area contributed by atoms with Gasteiger partial charge in [0, 0.05) is 19.6 Å². The second-order valence-electron chi connectivity index (χ2n) is 2.26. The molecule has 58 valence electrons. The first-order valence-electron chi connectivity index (χ1n) is 3.29. The van der Waals surface area contributed by atoms with E-state index in [4.69, 9.17) is 4.74 Å². The van der Waals surface area contributed by atoms with E-state index in [2.05, 4.69) is 0 Å². The summed E-state index contributed by atoms with van der Waals surface area (Å²) in [6, 6.07) is 0. The fourth-order valence-corrected chi connectivity index (χ4v) is 0.942. The third-order valence-electron chi connectivity index (χ3n) is 1.46. The van der Waals surface area contributed by atoms with Crippen LogP contribution in [0.1, 0.15) is 0 Å². The third kappa shape index (κ3) is 4.76. The third-order valence-corrected chi connectivity index (χ3v) is 1.46. The Morgan fingerprint density at radius 2 is 2.00 bits per heavy atom. The summed E-state index contributed by atoms with van der Waals surface area (Å²) in [6.45, 7) is 2.70. The number of carboxylic acid groups (broad SMARTS) is 1. The smallest absolute Gasteiger partial charge is 0.549 e. The van der Waals surface area contributed by atoms with E-state index in [1.165, 1.54) is 0 Å². The molecule has 0 unspecified atom stereocenters. The van der Waals surface area contributed by atoms with Gasteiger partial charge in [0.2, 0.25) is 0 Å². The maximum absolute atomic E-state index is 10.1. The van der Waals surface area contributed by atoms with E-state index >= 15 is 0 Å². The van der Waals surface area contributed by atoms with Crippen LogP contribution in [0.15, 0.2) is 0 Å². The Balaban J connectivity index is 0.000001000. The Bertz CT molecular complexity index is 125. The number of hydrogen-bond acceptors (Lipinski definition) is 4. The van der Waals surface area contributed by atoms with Crippen molar-refractivity contribution in [1.82, 2.24) is 4.90 Å². The molecule has 0 aliphatic carbocycles. The quantitative estimate of drug-likeness (QED) is 0.387. The van der Waals surface area contributed by atoms with Gasteiger partial charge < -0.3 is 14.6 Å². The van der Waals surface area contributed by atoms with E-state index in [1.807, 2.05) is 0 Å². The molecule has 1 heterocycles. The monoisotopic (exact) mass is 167 g/mol. The van der Waals surface area contributed by atoms with Crippen molar-refractivity contribution < 1.29 is 44.2 Å². The molecular weight excluding hydrogens is 157 g/mol. The summed E-state index contributed by atoms with van der Waals surface area (Å²) in [5.74, 6) is -1.01. The molecule has 0 bridgehead atoms. The van der Waals surface area contributed by atoms with Gasteiger partial charge in [-0.15, -0.1) is 0 Å². The number of hydrogen-bond donors (Lipinski definition) is 0. The average molecular weight is 167 g/mol. The number of carboxylic acids is 1. The first kappa shape index (κ1) is 11.4. The molecular formula is C6H10NNaO3. The number of rotatable bonds is 2. The van der Waals surface area contributed by atoms with Gasteiger partial charge in [0.05, 0.1) is 19.2 Å². The van der Waals surface area contributed by atoms with Crippen molar-refractivity contribution in [2.45, 2.75) is 0 Å². The standard InChI is InChI=1S/C6H11NO3.Na/c8-6(9)5-7-1-3-10-4-2-7;/h1-5H2,(H,8,9);/q;+1/p-1. The number of ether oxygens (including phenoxy) is 1. The fourth-order valence-electron chi connectivity index (χ4n) is 0.942. The van der Waals surface area contributed by atoms with Crippen molar-refractivity contribution in [3.05, 3.63) is 0 Å². The molecule has 1 aliphatic rings. The maximum atomic E-state index is 10.1. The minimum atomic E-state index is -1.01. The summed E-state index contributed by atoms with van der Waals surface area (Å²) >= 11 is 0. The number of aliphatic carboxylic acids is 1. The van der Waals surface area contributed by atoms with E-state index in [1.54, 1.807) is 4.90 Å². The molecule has 0 radical (unpaired) electrons. The summed E-state index contributed by atoms with van der Waals surface area (Å²) in [7, 11) is 0. The van der Waals surface area contributed by atoms with Crippen LogP contribution in [0.4, 0.5) is 0 Å². The minimum absolute atomic E-state index is 0. The van der Waals surface area contributed by atoms with E-state index < -0.39 is 5.97 Å². The number of carbonyl (C=O) groups excluding carboxylic acids is 1. The van der Waals surface area contributed by atoms with Gasteiger partial charge in [-0.05, 0) is 0 Å². The number of carbonyl (C=O) groups is 1. The number of nitrogens with zero attached hydrogens (tertiary/aromatic N) is 1. The van der Waals surface area contributed by atoms with Crippen LogP contribution in [0, 0.1) is 0 Å². The second kappa shape index (κ2) is 5.97. The summed E-state index contributed by atoms with van der Waals surface area (Å²) < 4.78 is 5.03. The first-order valence-corrected chi connectivity index (χ1v) is 3.29. The van der Waals surface area contributed by atoms with E-state index in [9.17, 15) is 9.90 Å². The molecule has 1 saturated heterocycles. The van der Waals surface area contributed by atoms with Gasteiger partial charge >= 0.3 is 29.6 Å². The van der Waals surface area contributed by atoms with E-state index in [0.29, 0.717) is 26.3 Å². The maximum Gasteiger partial charge on any atom is 1.00 e. The molecule has 0 spiro atoms. The Morgan fingerprint density at radius 3 is 2.45 bits per heavy atom. The zero-order valence-corrected chi connectivity index (χ0v) is 8.71. The van der Waals surface area contributed by atoms with Gasteiger partial charge in [-0.1, -0.05) is 0 Å². The molecule has 0 aromatic carbocycles. The molecule has 11 heavy (non-hydrogen) atoms. The van der Waals surface area contributed by atoms with E-state index in [0.717, 1.165) is 0 Å². The van der Waals surface area contributed by atoms with Crippen molar-refractivity contribution >= 4 is 5.97 Å². The van der Waals surface area contributed by atoms with Crippen molar-refractivity contribution in [2.24, 2.45) is 0 Å². The van der Waals surface area contributed by atoms with Gasteiger partial charge in [-0.3, -0.25) is 4.90 Å². The van der Waals surface area contributed by atoms with Crippen molar-refractivity contribution in [1.29, 1.82) is 0 Å². The second-order valence-corrected chi connectivity index (χ2v) is 2.26.